The Morgan fingerprint density at radius 2 is 1.57 bits per heavy atom. The molecule has 0 saturated heterocycles. The van der Waals surface area contributed by atoms with Crippen LogP contribution in [0.25, 0.3) is 0 Å². The summed E-state index contributed by atoms with van der Waals surface area (Å²) in [6.07, 6.45) is 3.41. The predicted octanol–water partition coefficient (Wildman–Crippen LogP) is -0.0348. The molecular weight excluding hydrogens is 250 g/mol. The van der Waals surface area contributed by atoms with E-state index >= 15 is 0 Å². The molecule has 0 aromatic heterocycles. The van der Waals surface area contributed by atoms with Crippen molar-refractivity contribution in [2.75, 3.05) is 19.8 Å². The van der Waals surface area contributed by atoms with E-state index in [4.69, 9.17) is 21.1 Å². The Morgan fingerprint density at radius 3 is 1.93 bits per heavy atom. The number of hydrogen-bond acceptors (Lipinski definition) is 4. The van der Waals surface area contributed by atoms with Crippen LogP contribution in [0.15, 0.2) is 11.6 Å². The van der Waals surface area contributed by atoms with Crippen LogP contribution in [0.4, 0.5) is 0 Å². The van der Waals surface area contributed by atoms with Crippen molar-refractivity contribution in [2.24, 2.45) is 5.73 Å². The van der Waals surface area contributed by atoms with Gasteiger partial charge in [0.1, 0.15) is 0 Å². The van der Waals surface area contributed by atoms with Crippen LogP contribution in [0.1, 0.15) is 19.3 Å². The summed E-state index contributed by atoms with van der Waals surface area (Å²) < 4.78 is 0. The monoisotopic (exact) mass is 269 g/mol. The molecule has 4 nitrogen and oxygen atoms in total. The van der Waals surface area contributed by atoms with Gasteiger partial charge in [-0.3, -0.25) is 0 Å². The molecule has 5 heteroatoms. The van der Waals surface area contributed by atoms with Gasteiger partial charge in [-0.1, -0.05) is 11.6 Å². The van der Waals surface area contributed by atoms with E-state index in [9.17, 15) is 0 Å². The van der Waals surface area contributed by atoms with Gasteiger partial charge < -0.3 is 21.1 Å². The van der Waals surface area contributed by atoms with Crippen molar-refractivity contribution in [3.63, 3.8) is 0 Å². The van der Waals surface area contributed by atoms with Crippen LogP contribution in [0.5, 0.6) is 0 Å². The molecule has 0 radical (unpaired) electrons. The maximum atomic E-state index is 8.69. The van der Waals surface area contributed by atoms with Crippen molar-refractivity contribution in [1.29, 1.82) is 0 Å². The zero-order valence-electron chi connectivity index (χ0n) is 8.22. The second kappa shape index (κ2) is 11.1. The molecule has 0 aliphatic heterocycles. The molecule has 0 bridgehead atoms. The third-order valence-corrected chi connectivity index (χ3v) is 1.78. The molecule has 0 aliphatic rings. The predicted molar refractivity (Wildman–Crippen MR) is 61.5 cm³/mol. The van der Waals surface area contributed by atoms with E-state index in [0.29, 0.717) is 19.3 Å². The van der Waals surface area contributed by atoms with Gasteiger partial charge in [0.05, 0.1) is 0 Å². The van der Waals surface area contributed by atoms with Crippen LogP contribution in [0.2, 0.25) is 0 Å². The van der Waals surface area contributed by atoms with E-state index in [-0.39, 0.29) is 42.8 Å². The summed E-state index contributed by atoms with van der Waals surface area (Å²) in [6, 6.07) is -0.182. The minimum absolute atomic E-state index is 0. The molecule has 5 N–H and O–H groups in total. The number of rotatable bonds is 7. The lowest BCUT2D eigenvalue weighted by molar-refractivity contribution is 0.277. The molecule has 1 unspecified atom stereocenters. The van der Waals surface area contributed by atoms with Crippen molar-refractivity contribution in [3.05, 3.63) is 11.6 Å². The first-order chi connectivity index (χ1) is 6.24. The van der Waals surface area contributed by atoms with Gasteiger partial charge in [0.25, 0.3) is 0 Å². The average Bonchev–Trinajstić information content (AvgIpc) is 2.05. The summed E-state index contributed by atoms with van der Waals surface area (Å²) in [7, 11) is 0. The smallest absolute Gasteiger partial charge is 0.0468 e. The molecule has 0 saturated carbocycles. The molecule has 14 heavy (non-hydrogen) atoms. The summed E-state index contributed by atoms with van der Waals surface area (Å²) in [5.41, 5.74) is 6.60. The van der Waals surface area contributed by atoms with Gasteiger partial charge in [-0.2, -0.15) is 0 Å². The minimum atomic E-state index is -0.182. The Morgan fingerprint density at radius 1 is 1.07 bits per heavy atom. The van der Waals surface area contributed by atoms with Crippen molar-refractivity contribution in [3.8, 4) is 0 Å². The molecular formula is C9H20BrNO3. The van der Waals surface area contributed by atoms with Crippen LogP contribution in [0, 0.1) is 0 Å². The summed E-state index contributed by atoms with van der Waals surface area (Å²) >= 11 is 0. The van der Waals surface area contributed by atoms with Crippen molar-refractivity contribution in [2.45, 2.75) is 25.3 Å². The van der Waals surface area contributed by atoms with Gasteiger partial charge in [-0.25, -0.2) is 0 Å². The highest BCUT2D eigenvalue weighted by Gasteiger charge is 2.01. The highest BCUT2D eigenvalue weighted by molar-refractivity contribution is 8.93. The third kappa shape index (κ3) is 8.65. The lowest BCUT2D eigenvalue weighted by atomic mass is 10.1. The van der Waals surface area contributed by atoms with Gasteiger partial charge >= 0.3 is 0 Å². The van der Waals surface area contributed by atoms with E-state index in [2.05, 4.69) is 0 Å². The van der Waals surface area contributed by atoms with Crippen LogP contribution in [-0.4, -0.2) is 41.2 Å². The SMILES string of the molecule is Br.NC(C=C(CCO)CCO)CCO. The first kappa shape index (κ1) is 16.5. The highest BCUT2D eigenvalue weighted by Crippen LogP contribution is 2.07. The summed E-state index contributed by atoms with van der Waals surface area (Å²) in [6.45, 7) is 0.193. The van der Waals surface area contributed by atoms with E-state index in [1.807, 2.05) is 6.08 Å². The molecule has 0 aromatic rings. The third-order valence-electron chi connectivity index (χ3n) is 1.78. The number of halogens is 1. The zero-order valence-corrected chi connectivity index (χ0v) is 9.94. The van der Waals surface area contributed by atoms with Gasteiger partial charge in [-0.05, 0) is 19.3 Å². The van der Waals surface area contributed by atoms with E-state index in [0.717, 1.165) is 5.57 Å². The Bertz CT molecular complexity index is 145. The maximum Gasteiger partial charge on any atom is 0.0468 e. The second-order valence-electron chi connectivity index (χ2n) is 2.95. The van der Waals surface area contributed by atoms with Crippen LogP contribution in [-0.2, 0) is 0 Å². The fourth-order valence-corrected chi connectivity index (χ4v) is 1.11. The number of aliphatic hydroxyl groups excluding tert-OH is 3. The highest BCUT2D eigenvalue weighted by atomic mass is 79.9. The Labute approximate surface area is 95.2 Å². The van der Waals surface area contributed by atoms with E-state index in [1.54, 1.807) is 0 Å². The number of nitrogens with two attached hydrogens (primary N) is 1. The van der Waals surface area contributed by atoms with Gasteiger partial charge in [0, 0.05) is 25.9 Å². The first-order valence-corrected chi connectivity index (χ1v) is 4.52. The summed E-state index contributed by atoms with van der Waals surface area (Å²) in [5.74, 6) is 0. The molecule has 0 rings (SSSR count). The second-order valence-corrected chi connectivity index (χ2v) is 2.95. The normalized spacial score (nSPS) is 11.7. The van der Waals surface area contributed by atoms with Crippen molar-refractivity contribution in [1.82, 2.24) is 0 Å². The van der Waals surface area contributed by atoms with Gasteiger partial charge in [0.15, 0.2) is 0 Å². The fraction of sp³-hybridized carbons (Fsp3) is 0.778. The molecule has 0 aromatic carbocycles. The standard InChI is InChI=1S/C9H19NO3.BrH/c10-9(3-6-13)7-8(1-4-11)2-5-12;/h7,9,11-13H,1-6,10H2;1H. The zero-order chi connectivity index (χ0) is 10.1. The summed E-state index contributed by atoms with van der Waals surface area (Å²) in [5, 5.41) is 26.0. The first-order valence-electron chi connectivity index (χ1n) is 4.52. The molecule has 0 aliphatic carbocycles. The van der Waals surface area contributed by atoms with Crippen LogP contribution >= 0.6 is 17.0 Å². The molecule has 86 valence electrons. The Kier molecular flexibility index (Phi) is 13.1. The van der Waals surface area contributed by atoms with Gasteiger partial charge in [-0.15, -0.1) is 17.0 Å². The molecule has 0 heterocycles. The largest absolute Gasteiger partial charge is 0.396 e. The number of hydrogen-bond donors (Lipinski definition) is 4. The quantitative estimate of drug-likeness (QED) is 0.489. The van der Waals surface area contributed by atoms with Crippen LogP contribution in [0.3, 0.4) is 0 Å². The molecule has 0 fully saturated rings. The average molecular weight is 270 g/mol. The minimum Gasteiger partial charge on any atom is -0.396 e. The fourth-order valence-electron chi connectivity index (χ4n) is 1.11. The van der Waals surface area contributed by atoms with Gasteiger partial charge in [0.2, 0.25) is 0 Å². The number of aliphatic hydroxyl groups is 3. The van der Waals surface area contributed by atoms with Crippen LogP contribution < -0.4 is 5.73 Å². The van der Waals surface area contributed by atoms with Crippen molar-refractivity contribution < 1.29 is 15.3 Å². The Hall–Kier alpha value is 0.0600. The van der Waals surface area contributed by atoms with E-state index in [1.165, 1.54) is 0 Å². The van der Waals surface area contributed by atoms with Crippen molar-refractivity contribution >= 4 is 17.0 Å². The maximum absolute atomic E-state index is 8.69. The van der Waals surface area contributed by atoms with E-state index < -0.39 is 0 Å². The molecule has 0 spiro atoms. The Balaban J connectivity index is 0. The molecule has 0 amide bonds. The molecule has 1 atom stereocenters. The summed E-state index contributed by atoms with van der Waals surface area (Å²) in [4.78, 5) is 0. The lowest BCUT2D eigenvalue weighted by Crippen LogP contribution is -2.19. The lowest BCUT2D eigenvalue weighted by Gasteiger charge is -2.08. The topological polar surface area (TPSA) is 86.7 Å².